The van der Waals surface area contributed by atoms with E-state index in [-0.39, 0.29) is 12.4 Å². The van der Waals surface area contributed by atoms with Crippen LogP contribution in [0.2, 0.25) is 0 Å². The van der Waals surface area contributed by atoms with Gasteiger partial charge in [-0.2, -0.15) is 23.5 Å². The van der Waals surface area contributed by atoms with Gasteiger partial charge in [0, 0.05) is 23.0 Å². The molecule has 0 aliphatic heterocycles. The molecule has 8 nitrogen and oxygen atoms in total. The third kappa shape index (κ3) is 12.1. The lowest BCUT2D eigenvalue weighted by Crippen LogP contribution is -2.59. The van der Waals surface area contributed by atoms with E-state index in [1.165, 1.54) is 36.0 Å². The monoisotopic (exact) mass is 623 g/mol. The molecule has 3 rings (SSSR count). The Bertz CT molecular complexity index is 1300. The fourth-order valence-corrected chi connectivity index (χ4v) is 5.92. The topological polar surface area (TPSA) is 131 Å². The van der Waals surface area contributed by atoms with E-state index in [0.29, 0.717) is 17.3 Å². The predicted octanol–water partition coefficient (Wildman–Crippen LogP) is 3.89. The Hall–Kier alpha value is -3.31. The Labute approximate surface area is 262 Å². The average molecular weight is 624 g/mol. The number of ether oxygens (including phenoxy) is 1. The molecule has 0 aromatic heterocycles. The molecule has 0 fully saturated rings. The van der Waals surface area contributed by atoms with E-state index in [4.69, 9.17) is 10.5 Å². The van der Waals surface area contributed by atoms with Gasteiger partial charge in [-0.15, -0.1) is 0 Å². The van der Waals surface area contributed by atoms with Crippen LogP contribution in [0.4, 0.5) is 0 Å². The van der Waals surface area contributed by atoms with Gasteiger partial charge in [0.25, 0.3) is 0 Å². The van der Waals surface area contributed by atoms with E-state index in [2.05, 4.69) is 10.6 Å². The summed E-state index contributed by atoms with van der Waals surface area (Å²) in [6, 6.07) is 22.3. The van der Waals surface area contributed by atoms with Crippen LogP contribution in [0.15, 0.2) is 78.9 Å². The van der Waals surface area contributed by atoms with Gasteiger partial charge < -0.3 is 26.2 Å². The number of rotatable bonds is 16. The highest BCUT2D eigenvalue weighted by molar-refractivity contribution is 7.98. The number of nitrogens with one attached hydrogen (secondary N) is 2. The first-order valence-electron chi connectivity index (χ1n) is 14.1. The van der Waals surface area contributed by atoms with Gasteiger partial charge in [0.05, 0.1) is 12.1 Å². The summed E-state index contributed by atoms with van der Waals surface area (Å²) in [5.41, 5.74) is 11.4. The first-order chi connectivity index (χ1) is 20.6. The van der Waals surface area contributed by atoms with Gasteiger partial charge in [-0.3, -0.25) is 9.59 Å². The van der Waals surface area contributed by atoms with Gasteiger partial charge in [0.1, 0.15) is 18.7 Å². The summed E-state index contributed by atoms with van der Waals surface area (Å²) in [4.78, 5) is 39.2. The van der Waals surface area contributed by atoms with Crippen molar-refractivity contribution in [3.8, 4) is 0 Å². The number of thioether (sulfide) groups is 2. The van der Waals surface area contributed by atoms with E-state index in [0.717, 1.165) is 22.3 Å². The summed E-state index contributed by atoms with van der Waals surface area (Å²) >= 11 is 2.98. The van der Waals surface area contributed by atoms with Crippen LogP contribution in [0.5, 0.6) is 0 Å². The minimum absolute atomic E-state index is 0.0559. The molecule has 5 N–H and O–H groups in total. The molecule has 0 aliphatic rings. The quantitative estimate of drug-likeness (QED) is 0.177. The highest BCUT2D eigenvalue weighted by Crippen LogP contribution is 2.16. The van der Waals surface area contributed by atoms with Crippen molar-refractivity contribution in [1.29, 1.82) is 0 Å². The smallest absolute Gasteiger partial charge is 0.329 e. The molecule has 0 aliphatic carbocycles. The first-order valence-corrected chi connectivity index (χ1v) is 16.4. The summed E-state index contributed by atoms with van der Waals surface area (Å²) in [7, 11) is 0. The van der Waals surface area contributed by atoms with E-state index in [1.54, 1.807) is 0 Å². The highest BCUT2D eigenvalue weighted by atomic mass is 32.2. The lowest BCUT2D eigenvalue weighted by atomic mass is 10.1. The molecule has 3 aromatic rings. The zero-order valence-corrected chi connectivity index (χ0v) is 26.5. The number of nitrogens with two attached hydrogens (primary N) is 1. The van der Waals surface area contributed by atoms with Crippen LogP contribution < -0.4 is 16.4 Å². The van der Waals surface area contributed by atoms with Gasteiger partial charge in [0.2, 0.25) is 11.8 Å². The molecule has 2 amide bonds. The lowest BCUT2D eigenvalue weighted by Gasteiger charge is -2.25. The number of hydrogen-bond donors (Lipinski definition) is 4. The second-order valence-corrected chi connectivity index (χ2v) is 12.5. The molecule has 230 valence electrons. The fraction of sp³-hybridized carbons (Fsp3) is 0.364. The molecule has 0 heterocycles. The lowest BCUT2D eigenvalue weighted by molar-refractivity contribution is -0.149. The van der Waals surface area contributed by atoms with Crippen LogP contribution in [-0.2, 0) is 37.2 Å². The summed E-state index contributed by atoms with van der Waals surface area (Å²) in [5.74, 6) is 0.0306. The van der Waals surface area contributed by atoms with Crippen LogP contribution in [0.1, 0.15) is 34.7 Å². The Kier molecular flexibility index (Phi) is 14.1. The predicted molar refractivity (Wildman–Crippen MR) is 174 cm³/mol. The number of aryl methyl sites for hydroxylation is 2. The van der Waals surface area contributed by atoms with Gasteiger partial charge >= 0.3 is 5.97 Å². The van der Waals surface area contributed by atoms with E-state index in [9.17, 15) is 19.5 Å². The number of benzene rings is 3. The number of hydrogen-bond acceptors (Lipinski definition) is 8. The average Bonchev–Trinajstić information content (AvgIpc) is 3.00. The maximum atomic E-state index is 13.3. The molecule has 0 unspecified atom stereocenters. The highest BCUT2D eigenvalue weighted by Gasteiger charge is 2.31. The zero-order valence-electron chi connectivity index (χ0n) is 24.8. The molecule has 0 bridgehead atoms. The minimum Gasteiger partial charge on any atom is -0.459 e. The van der Waals surface area contributed by atoms with Crippen molar-refractivity contribution in [1.82, 2.24) is 10.6 Å². The van der Waals surface area contributed by atoms with Crippen LogP contribution in [0.3, 0.4) is 0 Å². The minimum atomic E-state index is -1.30. The summed E-state index contributed by atoms with van der Waals surface area (Å²) in [5, 5.41) is 15.6. The van der Waals surface area contributed by atoms with Crippen LogP contribution in [0.25, 0.3) is 0 Å². The van der Waals surface area contributed by atoms with E-state index in [1.807, 2.05) is 92.7 Å². The summed E-state index contributed by atoms with van der Waals surface area (Å²) in [6.07, 6.45) is -1.22. The maximum Gasteiger partial charge on any atom is 0.329 e. The number of aliphatic hydroxyl groups is 1. The number of aliphatic hydroxyl groups excluding tert-OH is 1. The van der Waals surface area contributed by atoms with Crippen LogP contribution >= 0.6 is 23.5 Å². The van der Waals surface area contributed by atoms with Crippen molar-refractivity contribution in [3.05, 3.63) is 107 Å². The van der Waals surface area contributed by atoms with Crippen molar-refractivity contribution >= 4 is 41.3 Å². The normalized spacial score (nSPS) is 13.8. The van der Waals surface area contributed by atoms with Gasteiger partial charge in [-0.05, 0) is 37.5 Å². The van der Waals surface area contributed by atoms with Crippen LogP contribution in [0, 0.1) is 13.8 Å². The summed E-state index contributed by atoms with van der Waals surface area (Å²) in [6.45, 7) is 5.49. The number of carbonyl (C=O) groups excluding carboxylic acids is 3. The Balaban J connectivity index is 1.59. The molecular weight excluding hydrogens is 583 g/mol. The molecule has 0 spiro atoms. The van der Waals surface area contributed by atoms with Gasteiger partial charge in [-0.25, -0.2) is 4.79 Å². The van der Waals surface area contributed by atoms with Crippen LogP contribution in [-0.4, -0.2) is 58.6 Å². The molecule has 3 aromatic carbocycles. The van der Waals surface area contributed by atoms with E-state index < -0.39 is 42.0 Å². The second-order valence-electron chi connectivity index (χ2n) is 10.5. The summed E-state index contributed by atoms with van der Waals surface area (Å²) < 4.78 is 5.52. The number of amides is 2. The molecule has 43 heavy (non-hydrogen) atoms. The van der Waals surface area contributed by atoms with Gasteiger partial charge in [0.15, 0.2) is 0 Å². The molecule has 0 radical (unpaired) electrons. The second kappa shape index (κ2) is 17.7. The van der Waals surface area contributed by atoms with Crippen molar-refractivity contribution < 1.29 is 24.2 Å². The van der Waals surface area contributed by atoms with Crippen molar-refractivity contribution in [2.24, 2.45) is 5.73 Å². The molecule has 4 atom stereocenters. The first kappa shape index (κ1) is 34.2. The van der Waals surface area contributed by atoms with Crippen molar-refractivity contribution in [3.63, 3.8) is 0 Å². The molecule has 0 saturated carbocycles. The van der Waals surface area contributed by atoms with Crippen molar-refractivity contribution in [2.75, 3.05) is 11.5 Å². The van der Waals surface area contributed by atoms with E-state index >= 15 is 0 Å². The Morgan fingerprint density at radius 2 is 1.30 bits per heavy atom. The third-order valence-corrected chi connectivity index (χ3v) is 8.82. The molecule has 0 saturated heterocycles. The van der Waals surface area contributed by atoms with Crippen molar-refractivity contribution in [2.45, 2.75) is 63.1 Å². The number of carbonyl (C=O) groups is 3. The molecule has 10 heteroatoms. The largest absolute Gasteiger partial charge is 0.459 e. The Morgan fingerprint density at radius 1 is 0.767 bits per heavy atom. The fourth-order valence-electron chi connectivity index (χ4n) is 3.97. The number of esters is 1. The molecular formula is C33H41N3O5S2. The SMILES string of the molecule is Cc1ccc(CSC[C@H](NC(=O)[C@@H](NC(=O)[C@@H](N)CSCc2ccc(C)cc2)[C@@H](C)O)C(=O)OCc2ccccc2)cc1. The standard InChI is InChI=1S/C33H41N3O5S2/c1-22-9-13-26(14-10-22)18-42-20-28(34)31(38)36-30(24(3)37)32(39)35-29(21-43-19-27-15-11-23(2)12-16-27)33(40)41-17-25-7-5-4-6-8-25/h4-16,24,28-30,37H,17-21,34H2,1-3H3,(H,35,39)(H,36,38)/t24-,28+,29+,30+/m1/s1. The maximum absolute atomic E-state index is 13.3. The zero-order chi connectivity index (χ0) is 31.2. The third-order valence-electron chi connectivity index (χ3n) is 6.58. The van der Waals surface area contributed by atoms with Gasteiger partial charge in [-0.1, -0.05) is 90.0 Å². The Morgan fingerprint density at radius 3 is 1.84 bits per heavy atom.